The molecule has 0 spiro atoms. The van der Waals surface area contributed by atoms with Crippen LogP contribution >= 0.6 is 11.6 Å². The highest BCUT2D eigenvalue weighted by Gasteiger charge is 2.17. The van der Waals surface area contributed by atoms with Crippen molar-refractivity contribution in [3.05, 3.63) is 58.9 Å². The Balaban J connectivity index is 1.66. The third-order valence-electron chi connectivity index (χ3n) is 4.50. The maximum absolute atomic E-state index is 13.8. The Bertz CT molecular complexity index is 723. The van der Waals surface area contributed by atoms with E-state index in [9.17, 15) is 9.18 Å². The summed E-state index contributed by atoms with van der Waals surface area (Å²) in [5.41, 5.74) is 1.60. The summed E-state index contributed by atoms with van der Waals surface area (Å²) in [6.07, 6.45) is 0. The molecule has 1 heterocycles. The molecule has 1 aliphatic rings. The first-order valence-corrected chi connectivity index (χ1v) is 8.79. The fourth-order valence-electron chi connectivity index (χ4n) is 2.99. The molecule has 0 aliphatic carbocycles. The number of carbonyl (C=O) groups is 1. The number of anilines is 2. The van der Waals surface area contributed by atoms with Crippen LogP contribution in [0.3, 0.4) is 0 Å². The fraction of sp³-hybridized carbons (Fsp3) is 0.316. The van der Waals surface area contributed by atoms with Gasteiger partial charge in [0.1, 0.15) is 5.82 Å². The Hall–Kier alpha value is -2.11. The lowest BCUT2D eigenvalue weighted by Crippen LogP contribution is -2.46. The first-order chi connectivity index (χ1) is 12.1. The van der Waals surface area contributed by atoms with Crippen LogP contribution in [0.1, 0.15) is 17.3 Å². The molecule has 0 unspecified atom stereocenters. The minimum Gasteiger partial charge on any atom is -0.369 e. The predicted octanol–water partition coefficient (Wildman–Crippen LogP) is 3.87. The number of amides is 1. The third-order valence-corrected chi connectivity index (χ3v) is 4.81. The molecule has 6 heteroatoms. The average molecular weight is 362 g/mol. The van der Waals surface area contributed by atoms with E-state index in [1.165, 1.54) is 18.2 Å². The van der Waals surface area contributed by atoms with Gasteiger partial charge in [-0.15, -0.1) is 0 Å². The quantitative estimate of drug-likeness (QED) is 0.897. The molecule has 25 heavy (non-hydrogen) atoms. The Labute approximate surface area is 152 Å². The van der Waals surface area contributed by atoms with Crippen molar-refractivity contribution in [2.45, 2.75) is 6.92 Å². The van der Waals surface area contributed by atoms with E-state index in [4.69, 9.17) is 11.6 Å². The Kier molecular flexibility index (Phi) is 5.56. The highest BCUT2D eigenvalue weighted by molar-refractivity contribution is 6.34. The van der Waals surface area contributed by atoms with Gasteiger partial charge in [0.05, 0.1) is 10.6 Å². The van der Waals surface area contributed by atoms with Gasteiger partial charge in [0, 0.05) is 37.6 Å². The van der Waals surface area contributed by atoms with E-state index in [-0.39, 0.29) is 10.6 Å². The summed E-state index contributed by atoms with van der Waals surface area (Å²) in [7, 11) is 0. The van der Waals surface area contributed by atoms with E-state index >= 15 is 0 Å². The summed E-state index contributed by atoms with van der Waals surface area (Å²) in [4.78, 5) is 17.0. The van der Waals surface area contributed by atoms with Crippen LogP contribution in [0.25, 0.3) is 0 Å². The van der Waals surface area contributed by atoms with E-state index in [2.05, 4.69) is 22.0 Å². The molecule has 1 N–H and O–H groups in total. The van der Waals surface area contributed by atoms with E-state index in [1.54, 1.807) is 0 Å². The summed E-state index contributed by atoms with van der Waals surface area (Å²) in [5, 5.41) is 2.80. The van der Waals surface area contributed by atoms with Crippen molar-refractivity contribution in [2.75, 3.05) is 42.9 Å². The van der Waals surface area contributed by atoms with Crippen molar-refractivity contribution in [3.8, 4) is 0 Å². The number of likely N-dealkylation sites (N-methyl/N-ethyl adjacent to an activating group) is 1. The van der Waals surface area contributed by atoms with Crippen LogP contribution in [-0.4, -0.2) is 43.5 Å². The second-order valence-corrected chi connectivity index (χ2v) is 6.43. The SMILES string of the molecule is CCN1CCN(c2ccc(NC(=O)c3c(F)cccc3Cl)cc2)CC1. The van der Waals surface area contributed by atoms with E-state index < -0.39 is 11.7 Å². The molecule has 1 saturated heterocycles. The molecule has 0 saturated carbocycles. The lowest BCUT2D eigenvalue weighted by Gasteiger charge is -2.35. The minimum atomic E-state index is -0.629. The van der Waals surface area contributed by atoms with Gasteiger partial charge < -0.3 is 15.1 Å². The Morgan fingerprint density at radius 3 is 2.40 bits per heavy atom. The zero-order chi connectivity index (χ0) is 17.8. The molecule has 0 radical (unpaired) electrons. The summed E-state index contributed by atoms with van der Waals surface area (Å²) < 4.78 is 13.8. The van der Waals surface area contributed by atoms with Crippen LogP contribution in [0.15, 0.2) is 42.5 Å². The number of rotatable bonds is 4. The van der Waals surface area contributed by atoms with E-state index in [1.807, 2.05) is 24.3 Å². The summed E-state index contributed by atoms with van der Waals surface area (Å²) in [6.45, 7) is 7.35. The van der Waals surface area contributed by atoms with Crippen LogP contribution in [0.2, 0.25) is 5.02 Å². The highest BCUT2D eigenvalue weighted by Crippen LogP contribution is 2.23. The largest absolute Gasteiger partial charge is 0.369 e. The molecule has 0 bridgehead atoms. The average Bonchev–Trinajstić information content (AvgIpc) is 2.62. The number of hydrogen-bond acceptors (Lipinski definition) is 3. The van der Waals surface area contributed by atoms with Gasteiger partial charge in [0.2, 0.25) is 0 Å². The first-order valence-electron chi connectivity index (χ1n) is 8.41. The molecule has 2 aromatic carbocycles. The van der Waals surface area contributed by atoms with Crippen LogP contribution in [0, 0.1) is 5.82 Å². The summed E-state index contributed by atoms with van der Waals surface area (Å²) in [6, 6.07) is 11.8. The lowest BCUT2D eigenvalue weighted by atomic mass is 10.2. The fourth-order valence-corrected chi connectivity index (χ4v) is 3.24. The molecule has 1 aliphatic heterocycles. The molecule has 4 nitrogen and oxygen atoms in total. The number of carbonyl (C=O) groups excluding carboxylic acids is 1. The van der Waals surface area contributed by atoms with Gasteiger partial charge in [-0.3, -0.25) is 4.79 Å². The van der Waals surface area contributed by atoms with Crippen LogP contribution in [-0.2, 0) is 0 Å². The smallest absolute Gasteiger partial charge is 0.260 e. The van der Waals surface area contributed by atoms with Crippen LogP contribution < -0.4 is 10.2 Å². The number of nitrogens with zero attached hydrogens (tertiary/aromatic N) is 2. The molecule has 1 fully saturated rings. The number of piperazine rings is 1. The summed E-state index contributed by atoms with van der Waals surface area (Å²) in [5.74, 6) is -1.18. The number of nitrogens with one attached hydrogen (secondary N) is 1. The van der Waals surface area contributed by atoms with Gasteiger partial charge in [-0.1, -0.05) is 24.6 Å². The number of benzene rings is 2. The number of halogens is 2. The third kappa shape index (κ3) is 4.11. The van der Waals surface area contributed by atoms with Gasteiger partial charge >= 0.3 is 0 Å². The normalized spacial score (nSPS) is 15.2. The van der Waals surface area contributed by atoms with Gasteiger partial charge in [0.15, 0.2) is 0 Å². The standard InChI is InChI=1S/C19H21ClFN3O/c1-2-23-10-12-24(13-11-23)15-8-6-14(7-9-15)22-19(25)18-16(20)4-3-5-17(18)21/h3-9H,2,10-13H2,1H3,(H,22,25). The molecule has 1 amide bonds. The van der Waals surface area contributed by atoms with Gasteiger partial charge in [0.25, 0.3) is 5.91 Å². The highest BCUT2D eigenvalue weighted by atomic mass is 35.5. The number of hydrogen-bond donors (Lipinski definition) is 1. The second-order valence-electron chi connectivity index (χ2n) is 6.02. The maximum atomic E-state index is 13.8. The molecular formula is C19H21ClFN3O. The molecule has 0 aromatic heterocycles. The van der Waals surface area contributed by atoms with Crippen LogP contribution in [0.4, 0.5) is 15.8 Å². The molecule has 2 aromatic rings. The Morgan fingerprint density at radius 1 is 1.12 bits per heavy atom. The maximum Gasteiger partial charge on any atom is 0.260 e. The van der Waals surface area contributed by atoms with Gasteiger partial charge in [-0.2, -0.15) is 0 Å². The molecule has 0 atom stereocenters. The molecule has 132 valence electrons. The zero-order valence-electron chi connectivity index (χ0n) is 14.1. The lowest BCUT2D eigenvalue weighted by molar-refractivity contribution is 0.102. The van der Waals surface area contributed by atoms with E-state index in [0.717, 1.165) is 38.4 Å². The van der Waals surface area contributed by atoms with Crippen molar-refractivity contribution in [2.24, 2.45) is 0 Å². The monoisotopic (exact) mass is 361 g/mol. The first kappa shape index (κ1) is 17.7. The van der Waals surface area contributed by atoms with Crippen molar-refractivity contribution in [1.82, 2.24) is 4.90 Å². The summed E-state index contributed by atoms with van der Waals surface area (Å²) >= 11 is 5.93. The van der Waals surface area contributed by atoms with Crippen molar-refractivity contribution in [1.29, 1.82) is 0 Å². The van der Waals surface area contributed by atoms with Crippen molar-refractivity contribution >= 4 is 28.9 Å². The van der Waals surface area contributed by atoms with Crippen LogP contribution in [0.5, 0.6) is 0 Å². The van der Waals surface area contributed by atoms with Gasteiger partial charge in [-0.25, -0.2) is 4.39 Å². The van der Waals surface area contributed by atoms with Crippen molar-refractivity contribution in [3.63, 3.8) is 0 Å². The van der Waals surface area contributed by atoms with Gasteiger partial charge in [-0.05, 0) is 42.9 Å². The van der Waals surface area contributed by atoms with Crippen molar-refractivity contribution < 1.29 is 9.18 Å². The zero-order valence-corrected chi connectivity index (χ0v) is 14.9. The molecule has 3 rings (SSSR count). The predicted molar refractivity (Wildman–Crippen MR) is 100 cm³/mol. The molecular weight excluding hydrogens is 341 g/mol. The minimum absolute atomic E-state index is 0.0999. The topological polar surface area (TPSA) is 35.6 Å². The second kappa shape index (κ2) is 7.85. The Morgan fingerprint density at radius 2 is 1.80 bits per heavy atom. The van der Waals surface area contributed by atoms with E-state index in [0.29, 0.717) is 5.69 Å².